The summed E-state index contributed by atoms with van der Waals surface area (Å²) in [5, 5.41) is 5.25. The average Bonchev–Trinajstić information content (AvgIpc) is 3.07. The molecule has 2 nitrogen and oxygen atoms in total. The number of aromatic nitrogens is 1. The van der Waals surface area contributed by atoms with Crippen LogP contribution in [-0.2, 0) is 7.05 Å². The Morgan fingerprint density at radius 2 is 1.47 bits per heavy atom. The number of hydrogen-bond donors (Lipinski definition) is 0. The Hall–Kier alpha value is -2.91. The Labute approximate surface area is 178 Å². The standard InChI is InChI=1S/C27H28NOSi/c1-17-15-21-19-11-8-10-14-24(19)29-27(21)26(18(17)2)23-16-25(30(4,5)6)20-12-7-9-13-22(20)28(23)3/h7-16H,1-6H3/q+1. The second kappa shape index (κ2) is 6.54. The van der Waals surface area contributed by atoms with Crippen LogP contribution in [0.15, 0.2) is 65.1 Å². The molecule has 30 heavy (non-hydrogen) atoms. The van der Waals surface area contributed by atoms with Gasteiger partial charge in [-0.15, -0.1) is 0 Å². The molecule has 0 fully saturated rings. The molecule has 0 saturated heterocycles. The van der Waals surface area contributed by atoms with E-state index in [2.05, 4.69) is 99.7 Å². The Bertz CT molecular complexity index is 1450. The van der Waals surface area contributed by atoms with Crippen LogP contribution in [0.2, 0.25) is 19.6 Å². The van der Waals surface area contributed by atoms with Crippen molar-refractivity contribution in [3.8, 4) is 11.3 Å². The van der Waals surface area contributed by atoms with Crippen molar-refractivity contribution >= 4 is 46.1 Å². The maximum atomic E-state index is 6.46. The van der Waals surface area contributed by atoms with Gasteiger partial charge in [-0.3, -0.25) is 0 Å². The van der Waals surface area contributed by atoms with E-state index >= 15 is 0 Å². The number of furan rings is 1. The highest BCUT2D eigenvalue weighted by atomic mass is 28.3. The van der Waals surface area contributed by atoms with Crippen LogP contribution in [0, 0.1) is 13.8 Å². The molecule has 2 heterocycles. The molecule has 0 saturated carbocycles. The van der Waals surface area contributed by atoms with Gasteiger partial charge in [0.2, 0.25) is 11.2 Å². The zero-order valence-electron chi connectivity index (χ0n) is 18.6. The molecule has 3 heteroatoms. The first kappa shape index (κ1) is 19.1. The Morgan fingerprint density at radius 1 is 0.800 bits per heavy atom. The fourth-order valence-electron chi connectivity index (χ4n) is 4.69. The molecule has 2 aromatic heterocycles. The maximum Gasteiger partial charge on any atom is 0.216 e. The molecule has 0 aliphatic carbocycles. The van der Waals surface area contributed by atoms with E-state index in [4.69, 9.17) is 4.42 Å². The monoisotopic (exact) mass is 410 g/mol. The third-order valence-corrected chi connectivity index (χ3v) is 8.48. The SMILES string of the molecule is Cc1cc2c(oc3ccccc32)c(-c2cc([Si](C)(C)C)c3ccccc3[n+]2C)c1C. The third-order valence-electron chi connectivity index (χ3n) is 6.45. The first-order chi connectivity index (χ1) is 14.3. The number of hydrogen-bond acceptors (Lipinski definition) is 1. The van der Waals surface area contributed by atoms with E-state index in [0.717, 1.165) is 11.2 Å². The van der Waals surface area contributed by atoms with Crippen LogP contribution in [0.5, 0.6) is 0 Å². The number of para-hydroxylation sites is 2. The molecule has 0 bridgehead atoms. The Morgan fingerprint density at radius 3 is 2.20 bits per heavy atom. The molecule has 3 aromatic carbocycles. The van der Waals surface area contributed by atoms with Crippen molar-refractivity contribution in [2.24, 2.45) is 7.05 Å². The van der Waals surface area contributed by atoms with Gasteiger partial charge in [0, 0.05) is 28.3 Å². The molecule has 5 rings (SSSR count). The largest absolute Gasteiger partial charge is 0.455 e. The second-order valence-corrected chi connectivity index (χ2v) is 14.5. The van der Waals surface area contributed by atoms with Crippen LogP contribution < -0.4 is 9.75 Å². The zero-order valence-corrected chi connectivity index (χ0v) is 19.6. The van der Waals surface area contributed by atoms with E-state index in [1.54, 1.807) is 0 Å². The second-order valence-electron chi connectivity index (χ2n) is 9.44. The van der Waals surface area contributed by atoms with E-state index in [-0.39, 0.29) is 0 Å². The quantitative estimate of drug-likeness (QED) is 0.243. The lowest BCUT2D eigenvalue weighted by Crippen LogP contribution is -2.43. The lowest BCUT2D eigenvalue weighted by molar-refractivity contribution is -0.633. The summed E-state index contributed by atoms with van der Waals surface area (Å²) in [6.45, 7) is 11.7. The highest BCUT2D eigenvalue weighted by molar-refractivity contribution is 6.90. The van der Waals surface area contributed by atoms with Crippen LogP contribution in [-0.4, -0.2) is 8.07 Å². The summed E-state index contributed by atoms with van der Waals surface area (Å²) >= 11 is 0. The van der Waals surface area contributed by atoms with Gasteiger partial charge in [0.1, 0.15) is 18.2 Å². The predicted molar refractivity (Wildman–Crippen MR) is 130 cm³/mol. The van der Waals surface area contributed by atoms with Gasteiger partial charge in [-0.05, 0) is 48.4 Å². The van der Waals surface area contributed by atoms with Gasteiger partial charge in [-0.25, -0.2) is 0 Å². The lowest BCUT2D eigenvalue weighted by Gasteiger charge is -2.20. The van der Waals surface area contributed by atoms with Crippen molar-refractivity contribution in [3.63, 3.8) is 0 Å². The van der Waals surface area contributed by atoms with Crippen molar-refractivity contribution < 1.29 is 8.98 Å². The molecule has 0 atom stereocenters. The smallest absolute Gasteiger partial charge is 0.216 e. The minimum Gasteiger partial charge on any atom is -0.455 e. The van der Waals surface area contributed by atoms with Gasteiger partial charge in [-0.2, -0.15) is 4.57 Å². The normalized spacial score (nSPS) is 12.3. The number of benzene rings is 3. The summed E-state index contributed by atoms with van der Waals surface area (Å²) in [4.78, 5) is 0. The molecule has 5 aromatic rings. The van der Waals surface area contributed by atoms with Gasteiger partial charge in [-0.1, -0.05) is 50.0 Å². The zero-order chi connectivity index (χ0) is 21.2. The first-order valence-electron chi connectivity index (χ1n) is 10.6. The number of nitrogens with zero attached hydrogens (tertiary/aromatic N) is 1. The van der Waals surface area contributed by atoms with Crippen LogP contribution in [0.25, 0.3) is 44.1 Å². The number of rotatable bonds is 2. The molecule has 0 spiro atoms. The highest BCUT2D eigenvalue weighted by Crippen LogP contribution is 2.38. The molecular weight excluding hydrogens is 382 g/mol. The molecular formula is C27H28NOSi+. The van der Waals surface area contributed by atoms with Crippen LogP contribution >= 0.6 is 0 Å². The van der Waals surface area contributed by atoms with Gasteiger partial charge in [0.25, 0.3) is 0 Å². The molecule has 0 unspecified atom stereocenters. The van der Waals surface area contributed by atoms with E-state index in [1.165, 1.54) is 49.2 Å². The van der Waals surface area contributed by atoms with Crippen LogP contribution in [0.3, 0.4) is 0 Å². The van der Waals surface area contributed by atoms with E-state index in [0.29, 0.717) is 0 Å². The van der Waals surface area contributed by atoms with Crippen molar-refractivity contribution in [1.82, 2.24) is 0 Å². The van der Waals surface area contributed by atoms with E-state index < -0.39 is 8.07 Å². The fourth-order valence-corrected chi connectivity index (χ4v) is 6.28. The van der Waals surface area contributed by atoms with Crippen molar-refractivity contribution in [2.75, 3.05) is 0 Å². The summed E-state index contributed by atoms with van der Waals surface area (Å²) < 4.78 is 8.81. The summed E-state index contributed by atoms with van der Waals surface area (Å²) in [5.74, 6) is 0. The summed E-state index contributed by atoms with van der Waals surface area (Å²) in [6, 6.07) is 21.9. The minimum atomic E-state index is -1.56. The maximum absolute atomic E-state index is 6.46. The Kier molecular flexibility index (Phi) is 4.16. The number of fused-ring (bicyclic) bond motifs is 4. The topological polar surface area (TPSA) is 17.0 Å². The molecule has 0 aliphatic rings. The van der Waals surface area contributed by atoms with Crippen molar-refractivity contribution in [2.45, 2.75) is 33.5 Å². The van der Waals surface area contributed by atoms with Crippen LogP contribution in [0.4, 0.5) is 0 Å². The van der Waals surface area contributed by atoms with Gasteiger partial charge < -0.3 is 4.42 Å². The van der Waals surface area contributed by atoms with Gasteiger partial charge in [0.05, 0.1) is 13.6 Å². The van der Waals surface area contributed by atoms with Gasteiger partial charge >= 0.3 is 0 Å². The lowest BCUT2D eigenvalue weighted by atomic mass is 9.96. The van der Waals surface area contributed by atoms with E-state index in [9.17, 15) is 0 Å². The molecule has 150 valence electrons. The van der Waals surface area contributed by atoms with Crippen molar-refractivity contribution in [3.05, 3.63) is 71.8 Å². The molecule has 0 aliphatic heterocycles. The molecule has 0 radical (unpaired) electrons. The minimum absolute atomic E-state index is 0.951. The molecule has 0 N–H and O–H groups in total. The predicted octanol–water partition coefficient (Wildman–Crippen LogP) is 6.39. The highest BCUT2D eigenvalue weighted by Gasteiger charge is 2.29. The van der Waals surface area contributed by atoms with Crippen molar-refractivity contribution in [1.29, 1.82) is 0 Å². The average molecular weight is 411 g/mol. The Balaban J connectivity index is 1.98. The number of aryl methyl sites for hydroxylation is 2. The first-order valence-corrected chi connectivity index (χ1v) is 14.1. The third kappa shape index (κ3) is 2.72. The van der Waals surface area contributed by atoms with Crippen LogP contribution in [0.1, 0.15) is 11.1 Å². The summed E-state index contributed by atoms with van der Waals surface area (Å²) in [6.07, 6.45) is 0. The summed E-state index contributed by atoms with van der Waals surface area (Å²) in [5.41, 5.74) is 8.25. The van der Waals surface area contributed by atoms with E-state index in [1.807, 2.05) is 6.07 Å². The molecule has 0 amide bonds. The van der Waals surface area contributed by atoms with Gasteiger partial charge in [0.15, 0.2) is 0 Å². The number of pyridine rings is 1. The fraction of sp³-hybridized carbons (Fsp3) is 0.222. The summed E-state index contributed by atoms with van der Waals surface area (Å²) in [7, 11) is 0.623.